The predicted molar refractivity (Wildman–Crippen MR) is 105 cm³/mol. The van der Waals surface area contributed by atoms with E-state index < -0.39 is 12.0 Å². The zero-order chi connectivity index (χ0) is 18.7. The second kappa shape index (κ2) is 8.31. The number of ether oxygens (including phenoxy) is 1. The molecule has 1 aromatic heterocycles. The summed E-state index contributed by atoms with van der Waals surface area (Å²) in [5.74, 6) is -0.478. The molecule has 26 heavy (non-hydrogen) atoms. The van der Waals surface area contributed by atoms with E-state index in [1.165, 1.54) is 7.11 Å². The number of nitrogens with one attached hydrogen (secondary N) is 1. The number of aromatic nitrogens is 1. The van der Waals surface area contributed by atoms with Crippen molar-refractivity contribution in [3.63, 3.8) is 0 Å². The lowest BCUT2D eigenvalue weighted by molar-refractivity contribution is -0.145. The van der Waals surface area contributed by atoms with E-state index in [9.17, 15) is 9.59 Å². The molecule has 0 radical (unpaired) electrons. The van der Waals surface area contributed by atoms with E-state index in [1.54, 1.807) is 12.4 Å². The summed E-state index contributed by atoms with van der Waals surface area (Å²) in [4.78, 5) is 28.8. The van der Waals surface area contributed by atoms with Gasteiger partial charge >= 0.3 is 5.97 Å². The summed E-state index contributed by atoms with van der Waals surface area (Å²) >= 11 is 6.77. The summed E-state index contributed by atoms with van der Waals surface area (Å²) < 4.78 is 6.68. The number of carbonyl (C=O) groups excluding carboxylic acids is 2. The van der Waals surface area contributed by atoms with Crippen molar-refractivity contribution in [2.75, 3.05) is 7.11 Å². The Hall–Kier alpha value is -1.73. The van der Waals surface area contributed by atoms with Crippen LogP contribution in [0.4, 0.5) is 0 Å². The molecule has 3 rings (SSSR count). The van der Waals surface area contributed by atoms with Gasteiger partial charge in [0.1, 0.15) is 6.04 Å². The minimum Gasteiger partial charge on any atom is -0.467 e. The Bertz CT molecular complexity index is 811. The van der Waals surface area contributed by atoms with E-state index in [1.807, 2.05) is 30.3 Å². The largest absolute Gasteiger partial charge is 0.467 e. The van der Waals surface area contributed by atoms with Gasteiger partial charge in [0.25, 0.3) is 0 Å². The SMILES string of the molecule is COC(=O)C(Cc1cncc(Br)c1)NC(=O)[C@@H]1C[C@H]1c1ccc(Br)cc1. The maximum absolute atomic E-state index is 12.6. The summed E-state index contributed by atoms with van der Waals surface area (Å²) in [6, 6.07) is 9.13. The molecule has 1 saturated carbocycles. The van der Waals surface area contributed by atoms with E-state index in [2.05, 4.69) is 42.2 Å². The van der Waals surface area contributed by atoms with E-state index in [-0.39, 0.29) is 17.7 Å². The zero-order valence-electron chi connectivity index (χ0n) is 14.1. The Kier molecular flexibility index (Phi) is 6.09. The van der Waals surface area contributed by atoms with Crippen LogP contribution >= 0.6 is 31.9 Å². The van der Waals surface area contributed by atoms with Gasteiger partial charge in [0.05, 0.1) is 7.11 Å². The number of hydrogen-bond donors (Lipinski definition) is 1. The molecule has 0 bridgehead atoms. The number of methoxy groups -OCH3 is 1. The second-order valence-electron chi connectivity index (χ2n) is 6.30. The average Bonchev–Trinajstić information content (AvgIpc) is 3.42. The number of carbonyl (C=O) groups is 2. The first-order chi connectivity index (χ1) is 12.5. The van der Waals surface area contributed by atoms with Crippen LogP contribution in [0.25, 0.3) is 0 Å². The van der Waals surface area contributed by atoms with Crippen molar-refractivity contribution in [1.29, 1.82) is 0 Å². The first kappa shape index (κ1) is 19.0. The number of halogens is 2. The van der Waals surface area contributed by atoms with Crippen molar-refractivity contribution in [2.24, 2.45) is 5.92 Å². The highest BCUT2D eigenvalue weighted by Crippen LogP contribution is 2.47. The fourth-order valence-electron chi connectivity index (χ4n) is 2.98. The second-order valence-corrected chi connectivity index (χ2v) is 8.13. The first-order valence-electron chi connectivity index (χ1n) is 8.21. The molecule has 0 saturated heterocycles. The van der Waals surface area contributed by atoms with E-state index in [4.69, 9.17) is 4.74 Å². The zero-order valence-corrected chi connectivity index (χ0v) is 17.3. The van der Waals surface area contributed by atoms with Crippen LogP contribution in [0.15, 0.2) is 51.7 Å². The molecule has 1 amide bonds. The number of benzene rings is 1. The third kappa shape index (κ3) is 4.71. The van der Waals surface area contributed by atoms with Crippen molar-refractivity contribution in [1.82, 2.24) is 10.3 Å². The van der Waals surface area contributed by atoms with Gasteiger partial charge in [-0.25, -0.2) is 4.79 Å². The quantitative estimate of drug-likeness (QED) is 0.640. The summed E-state index contributed by atoms with van der Waals surface area (Å²) in [5, 5.41) is 2.84. The average molecular weight is 482 g/mol. The lowest BCUT2D eigenvalue weighted by Gasteiger charge is -2.16. The topological polar surface area (TPSA) is 68.3 Å². The number of rotatable bonds is 6. The molecule has 1 unspecified atom stereocenters. The van der Waals surface area contributed by atoms with Gasteiger partial charge in [0.2, 0.25) is 5.91 Å². The predicted octanol–water partition coefficient (Wildman–Crippen LogP) is 3.61. The van der Waals surface area contributed by atoms with E-state index >= 15 is 0 Å². The van der Waals surface area contributed by atoms with Crippen LogP contribution in [0.2, 0.25) is 0 Å². The van der Waals surface area contributed by atoms with E-state index in [0.29, 0.717) is 6.42 Å². The monoisotopic (exact) mass is 480 g/mol. The highest BCUT2D eigenvalue weighted by molar-refractivity contribution is 9.10. The Balaban J connectivity index is 1.64. The third-order valence-electron chi connectivity index (χ3n) is 4.43. The van der Waals surface area contributed by atoms with Gasteiger partial charge in [0, 0.05) is 33.7 Å². The molecule has 1 aromatic carbocycles. The summed E-state index contributed by atoms with van der Waals surface area (Å²) in [6.45, 7) is 0. The third-order valence-corrected chi connectivity index (χ3v) is 5.39. The minimum absolute atomic E-state index is 0.107. The molecule has 0 spiro atoms. The number of esters is 1. The Morgan fingerprint density at radius 3 is 2.62 bits per heavy atom. The molecule has 1 fully saturated rings. The van der Waals surface area contributed by atoms with Crippen LogP contribution in [-0.4, -0.2) is 30.0 Å². The molecule has 0 aliphatic heterocycles. The minimum atomic E-state index is -0.727. The molecule has 2 aromatic rings. The van der Waals surface area contributed by atoms with Crippen LogP contribution in [0, 0.1) is 5.92 Å². The molecular weight excluding hydrogens is 464 g/mol. The Morgan fingerprint density at radius 2 is 1.96 bits per heavy atom. The number of nitrogens with zero attached hydrogens (tertiary/aromatic N) is 1. The fourth-order valence-corrected chi connectivity index (χ4v) is 3.66. The van der Waals surface area contributed by atoms with Gasteiger partial charge in [0.15, 0.2) is 0 Å². The molecule has 1 heterocycles. The fraction of sp³-hybridized carbons (Fsp3) is 0.316. The number of amides is 1. The molecule has 1 aliphatic rings. The number of hydrogen-bond acceptors (Lipinski definition) is 4. The van der Waals surface area contributed by atoms with Gasteiger partial charge in [-0.05, 0) is 57.6 Å². The molecule has 3 atom stereocenters. The van der Waals surface area contributed by atoms with Crippen molar-refractivity contribution >= 4 is 43.7 Å². The molecular formula is C19H18Br2N2O3. The van der Waals surface area contributed by atoms with Gasteiger partial charge in [-0.2, -0.15) is 0 Å². The molecule has 136 valence electrons. The van der Waals surface area contributed by atoms with Crippen LogP contribution in [0.5, 0.6) is 0 Å². The normalized spacial score (nSPS) is 19.5. The lowest BCUT2D eigenvalue weighted by Crippen LogP contribution is -2.43. The highest BCUT2D eigenvalue weighted by Gasteiger charge is 2.44. The van der Waals surface area contributed by atoms with Crippen molar-refractivity contribution in [3.8, 4) is 0 Å². The van der Waals surface area contributed by atoms with Gasteiger partial charge in [-0.15, -0.1) is 0 Å². The maximum atomic E-state index is 12.6. The summed E-state index contributed by atoms with van der Waals surface area (Å²) in [7, 11) is 1.32. The lowest BCUT2D eigenvalue weighted by atomic mass is 10.1. The maximum Gasteiger partial charge on any atom is 0.328 e. The number of pyridine rings is 1. The van der Waals surface area contributed by atoms with Crippen LogP contribution in [-0.2, 0) is 20.7 Å². The van der Waals surface area contributed by atoms with Crippen LogP contribution < -0.4 is 5.32 Å². The molecule has 1 N–H and O–H groups in total. The summed E-state index contributed by atoms with van der Waals surface area (Å²) in [5.41, 5.74) is 1.98. The highest BCUT2D eigenvalue weighted by atomic mass is 79.9. The standard InChI is InChI=1S/C19H18Br2N2O3/c1-26-19(25)17(7-11-6-14(21)10-22-9-11)23-18(24)16-8-15(16)12-2-4-13(20)5-3-12/h2-6,9-10,15-17H,7-8H2,1H3,(H,23,24)/t15-,16+,17?/m0/s1. The Labute approximate surface area is 168 Å². The van der Waals surface area contributed by atoms with Crippen molar-refractivity contribution in [3.05, 3.63) is 62.8 Å². The van der Waals surface area contributed by atoms with Gasteiger partial charge < -0.3 is 10.1 Å². The van der Waals surface area contributed by atoms with Gasteiger partial charge in [-0.1, -0.05) is 28.1 Å². The van der Waals surface area contributed by atoms with E-state index in [0.717, 1.165) is 26.5 Å². The van der Waals surface area contributed by atoms with Crippen LogP contribution in [0.1, 0.15) is 23.5 Å². The van der Waals surface area contributed by atoms with Crippen molar-refractivity contribution in [2.45, 2.75) is 24.8 Å². The van der Waals surface area contributed by atoms with Crippen LogP contribution in [0.3, 0.4) is 0 Å². The molecule has 5 nitrogen and oxygen atoms in total. The first-order valence-corrected chi connectivity index (χ1v) is 9.79. The molecule has 1 aliphatic carbocycles. The Morgan fingerprint density at radius 1 is 1.23 bits per heavy atom. The summed E-state index contributed by atoms with van der Waals surface area (Å²) in [6.07, 6.45) is 4.47. The van der Waals surface area contributed by atoms with Crippen molar-refractivity contribution < 1.29 is 14.3 Å². The smallest absolute Gasteiger partial charge is 0.328 e. The van der Waals surface area contributed by atoms with Gasteiger partial charge in [-0.3, -0.25) is 9.78 Å². The molecule has 7 heteroatoms.